The summed E-state index contributed by atoms with van der Waals surface area (Å²) in [7, 11) is 0. The lowest BCUT2D eigenvalue weighted by Gasteiger charge is -2.62. The SMILES string of the molecule is CCC12CC3CC(C1)CC(NC(=O)SC)(C3)C2. The van der Waals surface area contributed by atoms with Gasteiger partial charge in [0.2, 0.25) is 0 Å². The minimum atomic E-state index is 0.167. The van der Waals surface area contributed by atoms with E-state index in [1.807, 2.05) is 6.26 Å². The first-order valence-corrected chi connectivity index (χ1v) is 8.17. The van der Waals surface area contributed by atoms with Gasteiger partial charge in [-0.2, -0.15) is 0 Å². The van der Waals surface area contributed by atoms with Crippen molar-refractivity contribution >= 4 is 17.0 Å². The fraction of sp³-hybridized carbons (Fsp3) is 0.929. The smallest absolute Gasteiger partial charge is 0.279 e. The van der Waals surface area contributed by atoms with Crippen LogP contribution in [-0.4, -0.2) is 17.0 Å². The lowest BCUT2D eigenvalue weighted by molar-refractivity contribution is -0.0775. The molecule has 2 unspecified atom stereocenters. The van der Waals surface area contributed by atoms with Gasteiger partial charge in [0.15, 0.2) is 0 Å². The van der Waals surface area contributed by atoms with Crippen molar-refractivity contribution in [3.8, 4) is 0 Å². The molecule has 96 valence electrons. The maximum absolute atomic E-state index is 11.7. The summed E-state index contributed by atoms with van der Waals surface area (Å²) in [5.41, 5.74) is 0.732. The highest BCUT2D eigenvalue weighted by molar-refractivity contribution is 8.12. The predicted molar refractivity (Wildman–Crippen MR) is 72.2 cm³/mol. The van der Waals surface area contributed by atoms with Crippen LogP contribution in [0.3, 0.4) is 0 Å². The van der Waals surface area contributed by atoms with Crippen LogP contribution in [0.1, 0.15) is 51.9 Å². The molecule has 2 atom stereocenters. The Balaban J connectivity index is 1.84. The van der Waals surface area contributed by atoms with E-state index in [-0.39, 0.29) is 10.8 Å². The second kappa shape index (κ2) is 3.91. The van der Waals surface area contributed by atoms with E-state index in [0.717, 1.165) is 11.8 Å². The molecule has 0 radical (unpaired) electrons. The van der Waals surface area contributed by atoms with Crippen LogP contribution in [0, 0.1) is 17.3 Å². The maximum atomic E-state index is 11.7. The van der Waals surface area contributed by atoms with Gasteiger partial charge in [0, 0.05) is 5.54 Å². The number of rotatable bonds is 2. The van der Waals surface area contributed by atoms with Crippen molar-refractivity contribution in [2.75, 3.05) is 6.26 Å². The fourth-order valence-electron chi connectivity index (χ4n) is 5.28. The van der Waals surface area contributed by atoms with Crippen molar-refractivity contribution < 1.29 is 4.79 Å². The Kier molecular flexibility index (Phi) is 2.73. The zero-order chi connectivity index (χ0) is 12.1. The molecule has 4 aliphatic carbocycles. The Morgan fingerprint density at radius 2 is 1.94 bits per heavy atom. The topological polar surface area (TPSA) is 29.1 Å². The lowest BCUT2D eigenvalue weighted by atomic mass is 9.46. The molecule has 17 heavy (non-hydrogen) atoms. The number of thioether (sulfide) groups is 1. The highest BCUT2D eigenvalue weighted by Crippen LogP contribution is 2.62. The summed E-state index contributed by atoms with van der Waals surface area (Å²) in [6, 6.07) is 0. The molecule has 4 rings (SSSR count). The number of hydrogen-bond donors (Lipinski definition) is 1. The van der Waals surface area contributed by atoms with Gasteiger partial charge in [-0.25, -0.2) is 0 Å². The highest BCUT2D eigenvalue weighted by atomic mass is 32.2. The average molecular weight is 253 g/mol. The molecule has 4 aliphatic rings. The molecule has 2 nitrogen and oxygen atoms in total. The summed E-state index contributed by atoms with van der Waals surface area (Å²) < 4.78 is 0. The van der Waals surface area contributed by atoms with E-state index < -0.39 is 0 Å². The number of hydrogen-bond acceptors (Lipinski definition) is 2. The molecule has 0 saturated heterocycles. The lowest BCUT2D eigenvalue weighted by Crippen LogP contribution is -2.62. The Hall–Kier alpha value is -0.180. The molecule has 0 heterocycles. The monoisotopic (exact) mass is 253 g/mol. The zero-order valence-electron chi connectivity index (χ0n) is 10.9. The van der Waals surface area contributed by atoms with Crippen molar-refractivity contribution in [2.24, 2.45) is 17.3 Å². The van der Waals surface area contributed by atoms with E-state index in [1.54, 1.807) is 0 Å². The molecule has 0 aromatic heterocycles. The molecular weight excluding hydrogens is 230 g/mol. The Morgan fingerprint density at radius 1 is 1.29 bits per heavy atom. The van der Waals surface area contributed by atoms with Gasteiger partial charge in [0.1, 0.15) is 0 Å². The van der Waals surface area contributed by atoms with Crippen LogP contribution < -0.4 is 5.32 Å². The fourth-order valence-corrected chi connectivity index (χ4v) is 5.60. The van der Waals surface area contributed by atoms with Crippen LogP contribution in [0.5, 0.6) is 0 Å². The van der Waals surface area contributed by atoms with Gasteiger partial charge < -0.3 is 5.32 Å². The van der Waals surface area contributed by atoms with Gasteiger partial charge in [-0.3, -0.25) is 4.79 Å². The van der Waals surface area contributed by atoms with E-state index >= 15 is 0 Å². The number of amides is 1. The zero-order valence-corrected chi connectivity index (χ0v) is 11.7. The van der Waals surface area contributed by atoms with Crippen LogP contribution in [0.15, 0.2) is 0 Å². The summed E-state index contributed by atoms with van der Waals surface area (Å²) in [6.07, 6.45) is 11.2. The van der Waals surface area contributed by atoms with Crippen LogP contribution >= 0.6 is 11.8 Å². The third kappa shape index (κ3) is 1.91. The first-order chi connectivity index (χ1) is 8.09. The van der Waals surface area contributed by atoms with Crippen molar-refractivity contribution in [2.45, 2.75) is 57.4 Å². The molecule has 3 heteroatoms. The molecule has 0 spiro atoms. The van der Waals surface area contributed by atoms with Crippen molar-refractivity contribution in [1.82, 2.24) is 5.32 Å². The number of carbonyl (C=O) groups is 1. The van der Waals surface area contributed by atoms with E-state index in [1.165, 1.54) is 56.7 Å². The summed E-state index contributed by atoms with van der Waals surface area (Å²) in [6.45, 7) is 2.34. The average Bonchev–Trinajstić information content (AvgIpc) is 2.26. The van der Waals surface area contributed by atoms with Gasteiger partial charge in [-0.05, 0) is 62.0 Å². The van der Waals surface area contributed by atoms with Crippen molar-refractivity contribution in [3.05, 3.63) is 0 Å². The second-order valence-electron chi connectivity index (χ2n) is 6.71. The van der Waals surface area contributed by atoms with Crippen LogP contribution in [0.25, 0.3) is 0 Å². The third-order valence-electron chi connectivity index (χ3n) is 5.48. The number of carbonyl (C=O) groups excluding carboxylic acids is 1. The quantitative estimate of drug-likeness (QED) is 0.811. The standard InChI is InChI=1S/C14H23NOS/c1-3-13-5-10-4-11(6-13)8-14(7-10,9-13)15-12(16)17-2/h10-11H,3-9H2,1-2H3,(H,15,16). The molecule has 1 N–H and O–H groups in total. The first-order valence-electron chi connectivity index (χ1n) is 6.95. The normalized spacial score (nSPS) is 47.2. The minimum absolute atomic E-state index is 0.167. The van der Waals surface area contributed by atoms with E-state index in [9.17, 15) is 4.79 Å². The molecule has 4 bridgehead atoms. The summed E-state index contributed by atoms with van der Waals surface area (Å²) in [4.78, 5) is 11.7. The van der Waals surface area contributed by atoms with Gasteiger partial charge in [0.05, 0.1) is 0 Å². The molecular formula is C14H23NOS. The van der Waals surface area contributed by atoms with Crippen LogP contribution in [0.4, 0.5) is 4.79 Å². The highest BCUT2D eigenvalue weighted by Gasteiger charge is 2.57. The minimum Gasteiger partial charge on any atom is -0.342 e. The van der Waals surface area contributed by atoms with Gasteiger partial charge in [0.25, 0.3) is 5.24 Å². The predicted octanol–water partition coefficient (Wildman–Crippen LogP) is 3.81. The van der Waals surface area contributed by atoms with E-state index in [4.69, 9.17) is 0 Å². The molecule has 0 aromatic rings. The van der Waals surface area contributed by atoms with Crippen molar-refractivity contribution in [3.63, 3.8) is 0 Å². The molecule has 0 aromatic carbocycles. The maximum Gasteiger partial charge on any atom is 0.279 e. The Bertz CT molecular complexity index is 327. The van der Waals surface area contributed by atoms with Gasteiger partial charge in [-0.1, -0.05) is 25.1 Å². The van der Waals surface area contributed by atoms with Crippen LogP contribution in [-0.2, 0) is 0 Å². The van der Waals surface area contributed by atoms with Crippen molar-refractivity contribution in [1.29, 1.82) is 0 Å². The Morgan fingerprint density at radius 3 is 2.47 bits per heavy atom. The summed E-state index contributed by atoms with van der Waals surface area (Å²) in [5.74, 6) is 1.77. The second-order valence-corrected chi connectivity index (χ2v) is 7.49. The van der Waals surface area contributed by atoms with E-state index in [0.29, 0.717) is 5.41 Å². The van der Waals surface area contributed by atoms with E-state index in [2.05, 4.69) is 12.2 Å². The molecule has 1 amide bonds. The Labute approximate surface area is 108 Å². The number of nitrogens with one attached hydrogen (secondary N) is 1. The molecule has 4 saturated carbocycles. The third-order valence-corrected chi connectivity index (χ3v) is 5.96. The van der Waals surface area contributed by atoms with Crippen LogP contribution in [0.2, 0.25) is 0 Å². The summed E-state index contributed by atoms with van der Waals surface area (Å²) in [5, 5.41) is 3.54. The summed E-state index contributed by atoms with van der Waals surface area (Å²) >= 11 is 1.33. The van der Waals surface area contributed by atoms with Gasteiger partial charge in [-0.15, -0.1) is 0 Å². The first kappa shape index (κ1) is 11.9. The molecule has 4 fully saturated rings. The van der Waals surface area contributed by atoms with Gasteiger partial charge >= 0.3 is 0 Å². The largest absolute Gasteiger partial charge is 0.342 e. The molecule has 0 aliphatic heterocycles.